The number of hydrogen-bond donors (Lipinski definition) is 2. The van der Waals surface area contributed by atoms with Crippen molar-refractivity contribution in [2.75, 3.05) is 0 Å². The molecule has 6 heteroatoms. The molecule has 0 fully saturated rings. The third kappa shape index (κ3) is 4.31. The summed E-state index contributed by atoms with van der Waals surface area (Å²) in [6.45, 7) is 0.0796. The smallest absolute Gasteiger partial charge is 0.408 e. The number of aliphatic carboxylic acids is 1. The predicted octanol–water partition coefficient (Wildman–Crippen LogP) is 4.83. The molecule has 0 bridgehead atoms. The van der Waals surface area contributed by atoms with Gasteiger partial charge in [-0.25, -0.2) is 9.59 Å². The summed E-state index contributed by atoms with van der Waals surface area (Å²) < 4.78 is 5.36. The minimum atomic E-state index is -1.13. The van der Waals surface area contributed by atoms with E-state index in [0.717, 1.165) is 28.7 Å². The van der Waals surface area contributed by atoms with Crippen molar-refractivity contribution in [2.24, 2.45) is 0 Å². The third-order valence-corrected chi connectivity index (χ3v) is 5.50. The van der Waals surface area contributed by atoms with Gasteiger partial charge >= 0.3 is 12.1 Å². The molecule has 1 amide bonds. The molecular formula is C24H20ClNO4. The van der Waals surface area contributed by atoms with Crippen molar-refractivity contribution < 1.29 is 19.4 Å². The molecule has 3 aromatic carbocycles. The first-order valence-electron chi connectivity index (χ1n) is 9.61. The number of ether oxygens (including phenoxy) is 1. The Morgan fingerprint density at radius 1 is 1.00 bits per heavy atom. The van der Waals surface area contributed by atoms with Crippen LogP contribution in [0.15, 0.2) is 66.7 Å². The Kier molecular flexibility index (Phi) is 5.72. The lowest BCUT2D eigenvalue weighted by Crippen LogP contribution is -2.42. The SMILES string of the molecule is O=C(N[C@H](Cc1ccc(Cl)cc1)C(=O)O)OCc1cccc2c1Cc1ccccc1-2. The number of benzene rings is 3. The molecule has 0 aromatic heterocycles. The number of carboxylic acids is 1. The second kappa shape index (κ2) is 8.59. The zero-order chi connectivity index (χ0) is 21.1. The Morgan fingerprint density at radius 2 is 1.73 bits per heavy atom. The number of amides is 1. The summed E-state index contributed by atoms with van der Waals surface area (Å²) in [5.41, 5.74) is 6.42. The van der Waals surface area contributed by atoms with Gasteiger partial charge in [0.2, 0.25) is 0 Å². The van der Waals surface area contributed by atoms with E-state index in [1.54, 1.807) is 24.3 Å². The van der Waals surface area contributed by atoms with E-state index in [1.165, 1.54) is 11.1 Å². The Hall–Kier alpha value is -3.31. The lowest BCUT2D eigenvalue weighted by atomic mass is 10.0. The first kappa shape index (κ1) is 20.0. The summed E-state index contributed by atoms with van der Waals surface area (Å²) in [6.07, 6.45) is 0.169. The highest BCUT2D eigenvalue weighted by Gasteiger charge is 2.23. The summed E-state index contributed by atoms with van der Waals surface area (Å²) in [6, 6.07) is 19.9. The van der Waals surface area contributed by atoms with Gasteiger partial charge in [-0.3, -0.25) is 0 Å². The second-order valence-corrected chi connectivity index (χ2v) is 7.66. The number of rotatable bonds is 6. The highest BCUT2D eigenvalue weighted by atomic mass is 35.5. The van der Waals surface area contributed by atoms with Crippen molar-refractivity contribution in [1.82, 2.24) is 5.32 Å². The fraction of sp³-hybridized carbons (Fsp3) is 0.167. The molecule has 0 heterocycles. The molecule has 30 heavy (non-hydrogen) atoms. The van der Waals surface area contributed by atoms with E-state index in [0.29, 0.717) is 5.02 Å². The van der Waals surface area contributed by atoms with E-state index in [9.17, 15) is 14.7 Å². The molecule has 3 aromatic rings. The number of carbonyl (C=O) groups is 2. The van der Waals surface area contributed by atoms with Gasteiger partial charge in [0.1, 0.15) is 12.6 Å². The Bertz CT molecular complexity index is 1090. The molecule has 0 saturated carbocycles. The van der Waals surface area contributed by atoms with E-state index in [4.69, 9.17) is 16.3 Å². The fourth-order valence-electron chi connectivity index (χ4n) is 3.74. The Morgan fingerprint density at radius 3 is 2.50 bits per heavy atom. The van der Waals surface area contributed by atoms with Crippen LogP contribution in [-0.2, 0) is 29.0 Å². The van der Waals surface area contributed by atoms with Crippen LogP contribution >= 0.6 is 11.6 Å². The molecule has 4 rings (SSSR count). The molecule has 0 aliphatic heterocycles. The van der Waals surface area contributed by atoms with Crippen LogP contribution in [0.1, 0.15) is 22.3 Å². The molecule has 1 aliphatic rings. The average molecular weight is 422 g/mol. The molecule has 0 saturated heterocycles. The zero-order valence-electron chi connectivity index (χ0n) is 16.1. The predicted molar refractivity (Wildman–Crippen MR) is 115 cm³/mol. The van der Waals surface area contributed by atoms with Crippen LogP contribution in [0.4, 0.5) is 4.79 Å². The van der Waals surface area contributed by atoms with Gasteiger partial charge in [-0.15, -0.1) is 0 Å². The summed E-state index contributed by atoms with van der Waals surface area (Å²) in [5, 5.41) is 12.5. The number of hydrogen-bond acceptors (Lipinski definition) is 3. The molecule has 1 aliphatic carbocycles. The molecule has 1 atom stereocenters. The molecule has 152 valence electrons. The summed E-state index contributed by atoms with van der Waals surface area (Å²) in [7, 11) is 0. The summed E-state index contributed by atoms with van der Waals surface area (Å²) >= 11 is 5.86. The topological polar surface area (TPSA) is 75.6 Å². The highest BCUT2D eigenvalue weighted by Crippen LogP contribution is 2.38. The van der Waals surface area contributed by atoms with Gasteiger partial charge < -0.3 is 15.2 Å². The number of halogens is 1. The Balaban J connectivity index is 1.40. The number of carboxylic acid groups (broad SMARTS) is 1. The van der Waals surface area contributed by atoms with Crippen molar-refractivity contribution in [3.05, 3.63) is 94.0 Å². The van der Waals surface area contributed by atoms with Crippen LogP contribution in [0.5, 0.6) is 0 Å². The third-order valence-electron chi connectivity index (χ3n) is 5.25. The molecular weight excluding hydrogens is 402 g/mol. The number of alkyl carbamates (subject to hydrolysis) is 1. The van der Waals surface area contributed by atoms with Gasteiger partial charge in [0.25, 0.3) is 0 Å². The minimum absolute atomic E-state index is 0.0796. The fourth-order valence-corrected chi connectivity index (χ4v) is 3.87. The molecule has 2 N–H and O–H groups in total. The van der Waals surface area contributed by atoms with Gasteiger partial charge in [0.05, 0.1) is 0 Å². The van der Waals surface area contributed by atoms with Crippen molar-refractivity contribution >= 4 is 23.7 Å². The standard InChI is InChI=1S/C24H20ClNO4/c25-18-10-8-15(9-11-18)12-22(23(27)28)26-24(29)30-14-17-5-3-7-20-19-6-2-1-4-16(19)13-21(17)20/h1-11,22H,12-14H2,(H,26,29)(H,27,28)/t22-/m1/s1. The van der Waals surface area contributed by atoms with Crippen molar-refractivity contribution in [2.45, 2.75) is 25.5 Å². The second-order valence-electron chi connectivity index (χ2n) is 7.22. The highest BCUT2D eigenvalue weighted by molar-refractivity contribution is 6.30. The summed E-state index contributed by atoms with van der Waals surface area (Å²) in [5.74, 6) is -1.13. The number of carbonyl (C=O) groups excluding carboxylic acids is 1. The van der Waals surface area contributed by atoms with Gasteiger partial charge in [0, 0.05) is 11.4 Å². The maximum Gasteiger partial charge on any atom is 0.408 e. The van der Waals surface area contributed by atoms with Gasteiger partial charge in [-0.2, -0.15) is 0 Å². The van der Waals surface area contributed by atoms with Crippen LogP contribution in [0.25, 0.3) is 11.1 Å². The minimum Gasteiger partial charge on any atom is -0.480 e. The normalized spacial score (nSPS) is 12.6. The van der Waals surface area contributed by atoms with Crippen LogP contribution in [0.3, 0.4) is 0 Å². The van der Waals surface area contributed by atoms with Gasteiger partial charge in [0.15, 0.2) is 0 Å². The van der Waals surface area contributed by atoms with Gasteiger partial charge in [-0.1, -0.05) is 66.2 Å². The van der Waals surface area contributed by atoms with Crippen LogP contribution in [0, 0.1) is 0 Å². The lowest BCUT2D eigenvalue weighted by Gasteiger charge is -2.15. The van der Waals surface area contributed by atoms with Crippen LogP contribution in [-0.4, -0.2) is 23.2 Å². The molecule has 0 unspecified atom stereocenters. The molecule has 5 nitrogen and oxygen atoms in total. The van der Waals surface area contributed by atoms with E-state index in [-0.39, 0.29) is 13.0 Å². The van der Waals surface area contributed by atoms with E-state index < -0.39 is 18.1 Å². The van der Waals surface area contributed by atoms with Crippen molar-refractivity contribution in [3.8, 4) is 11.1 Å². The molecule has 0 spiro atoms. The number of fused-ring (bicyclic) bond motifs is 3. The largest absolute Gasteiger partial charge is 0.480 e. The molecule has 0 radical (unpaired) electrons. The first-order chi connectivity index (χ1) is 14.5. The van der Waals surface area contributed by atoms with E-state index >= 15 is 0 Å². The van der Waals surface area contributed by atoms with Crippen molar-refractivity contribution in [1.29, 1.82) is 0 Å². The van der Waals surface area contributed by atoms with E-state index in [1.807, 2.05) is 24.3 Å². The maximum atomic E-state index is 12.3. The quantitative estimate of drug-likeness (QED) is 0.467. The maximum absolute atomic E-state index is 12.3. The lowest BCUT2D eigenvalue weighted by molar-refractivity contribution is -0.139. The van der Waals surface area contributed by atoms with E-state index in [2.05, 4.69) is 23.5 Å². The number of nitrogens with one attached hydrogen (secondary N) is 1. The zero-order valence-corrected chi connectivity index (χ0v) is 16.9. The monoisotopic (exact) mass is 421 g/mol. The average Bonchev–Trinajstić information content (AvgIpc) is 3.12. The summed E-state index contributed by atoms with van der Waals surface area (Å²) in [4.78, 5) is 23.8. The van der Waals surface area contributed by atoms with Gasteiger partial charge in [-0.05, 0) is 51.9 Å². The Labute approximate surface area is 179 Å². The van der Waals surface area contributed by atoms with Crippen molar-refractivity contribution in [3.63, 3.8) is 0 Å². The van der Waals surface area contributed by atoms with Crippen LogP contribution in [0.2, 0.25) is 5.02 Å². The van der Waals surface area contributed by atoms with Crippen LogP contribution < -0.4 is 5.32 Å². The first-order valence-corrected chi connectivity index (χ1v) is 9.98.